The Balaban J connectivity index is 1.61. The summed E-state index contributed by atoms with van der Waals surface area (Å²) in [6.07, 6.45) is -4.49. The summed E-state index contributed by atoms with van der Waals surface area (Å²) in [5.41, 5.74) is 0.0319. The van der Waals surface area contributed by atoms with E-state index in [0.717, 1.165) is 17.5 Å². The van der Waals surface area contributed by atoms with Gasteiger partial charge in [0.05, 0.1) is 11.1 Å². The van der Waals surface area contributed by atoms with Gasteiger partial charge in [0.15, 0.2) is 0 Å². The maximum Gasteiger partial charge on any atom is 0.416 e. The molecule has 3 aromatic rings. The molecule has 0 spiro atoms. The molecular weight excluding hydrogens is 447 g/mol. The van der Waals surface area contributed by atoms with Crippen LogP contribution in [0.2, 0.25) is 0 Å². The van der Waals surface area contributed by atoms with Gasteiger partial charge in [-0.05, 0) is 51.0 Å². The van der Waals surface area contributed by atoms with Crippen LogP contribution in [0.5, 0.6) is 0 Å². The Morgan fingerprint density at radius 1 is 0.941 bits per heavy atom. The molecule has 7 nitrogen and oxygen atoms in total. The topological polar surface area (TPSA) is 88.2 Å². The summed E-state index contributed by atoms with van der Waals surface area (Å²) in [7, 11) is 0. The van der Waals surface area contributed by atoms with Crippen molar-refractivity contribution in [2.24, 2.45) is 0 Å². The first-order valence-corrected chi connectivity index (χ1v) is 10.9. The maximum atomic E-state index is 12.9. The number of benzene rings is 2. The minimum atomic E-state index is -4.37. The van der Waals surface area contributed by atoms with E-state index in [-0.39, 0.29) is 0 Å². The number of alkyl carbamates (subject to hydrolysis) is 1. The number of amides is 1. The van der Waals surface area contributed by atoms with E-state index in [2.05, 4.69) is 25.9 Å². The highest BCUT2D eigenvalue weighted by Gasteiger charge is 2.30. The zero-order chi connectivity index (χ0) is 24.8. The lowest BCUT2D eigenvalue weighted by molar-refractivity contribution is -0.137. The fraction of sp³-hybridized carbons (Fsp3) is 0.375. The first kappa shape index (κ1) is 25.1. The van der Waals surface area contributed by atoms with E-state index in [4.69, 9.17) is 4.74 Å². The Bertz CT molecular complexity index is 1130. The molecule has 3 rings (SSSR count). The zero-order valence-corrected chi connectivity index (χ0v) is 19.3. The molecule has 182 valence electrons. The number of hydrogen-bond donors (Lipinski definition) is 3. The monoisotopic (exact) mass is 475 g/mol. The van der Waals surface area contributed by atoms with Crippen LogP contribution in [-0.4, -0.2) is 41.3 Å². The van der Waals surface area contributed by atoms with Gasteiger partial charge in [0, 0.05) is 25.0 Å². The number of nitrogens with zero attached hydrogens (tertiary/aromatic N) is 2. The number of anilines is 2. The van der Waals surface area contributed by atoms with Crippen LogP contribution in [0, 0.1) is 0 Å². The van der Waals surface area contributed by atoms with E-state index in [9.17, 15) is 18.0 Å². The lowest BCUT2D eigenvalue weighted by Gasteiger charge is -2.19. The predicted octanol–water partition coefficient (Wildman–Crippen LogP) is 5.24. The van der Waals surface area contributed by atoms with Gasteiger partial charge in [-0.1, -0.05) is 30.3 Å². The van der Waals surface area contributed by atoms with Crippen LogP contribution >= 0.6 is 0 Å². The molecule has 10 heteroatoms. The van der Waals surface area contributed by atoms with E-state index in [1.54, 1.807) is 26.8 Å². The van der Waals surface area contributed by atoms with Crippen LogP contribution in [0.15, 0.2) is 48.5 Å². The van der Waals surface area contributed by atoms with Crippen LogP contribution in [0.3, 0.4) is 0 Å². The van der Waals surface area contributed by atoms with Crippen molar-refractivity contribution in [3.05, 3.63) is 59.7 Å². The van der Waals surface area contributed by atoms with Crippen molar-refractivity contribution in [2.45, 2.75) is 39.0 Å². The highest BCUT2D eigenvalue weighted by molar-refractivity contribution is 5.90. The van der Waals surface area contributed by atoms with Gasteiger partial charge in [0.25, 0.3) is 0 Å². The summed E-state index contributed by atoms with van der Waals surface area (Å²) in [6, 6.07) is 12.7. The zero-order valence-electron chi connectivity index (χ0n) is 19.3. The third kappa shape index (κ3) is 7.50. The smallest absolute Gasteiger partial charge is 0.416 e. The number of ether oxygens (including phenoxy) is 1. The molecule has 1 heterocycles. The van der Waals surface area contributed by atoms with Gasteiger partial charge in [-0.25, -0.2) is 9.78 Å². The summed E-state index contributed by atoms with van der Waals surface area (Å²) < 4.78 is 44.0. The molecule has 1 amide bonds. The normalized spacial score (nSPS) is 11.8. The van der Waals surface area contributed by atoms with Gasteiger partial charge < -0.3 is 20.7 Å². The molecule has 3 N–H and O–H groups in total. The van der Waals surface area contributed by atoms with Crippen LogP contribution in [0.25, 0.3) is 10.9 Å². The van der Waals surface area contributed by atoms with Crippen molar-refractivity contribution in [1.29, 1.82) is 0 Å². The Kier molecular flexibility index (Phi) is 7.80. The van der Waals surface area contributed by atoms with Gasteiger partial charge in [0.2, 0.25) is 5.95 Å². The first-order chi connectivity index (χ1) is 16.0. The minimum Gasteiger partial charge on any atom is -0.444 e. The minimum absolute atomic E-state index is 0.325. The number of rotatable bonds is 8. The van der Waals surface area contributed by atoms with Crippen molar-refractivity contribution in [2.75, 3.05) is 30.3 Å². The second-order valence-electron chi connectivity index (χ2n) is 8.64. The first-order valence-electron chi connectivity index (χ1n) is 10.9. The summed E-state index contributed by atoms with van der Waals surface area (Å²) in [6.45, 7) is 6.47. The second kappa shape index (κ2) is 10.6. The molecule has 0 saturated carbocycles. The van der Waals surface area contributed by atoms with Gasteiger partial charge in [-0.3, -0.25) is 0 Å². The maximum absolute atomic E-state index is 12.9. The summed E-state index contributed by atoms with van der Waals surface area (Å²) in [5, 5.41) is 9.76. The molecule has 2 aromatic carbocycles. The number of alkyl halides is 3. The second-order valence-corrected chi connectivity index (χ2v) is 8.64. The van der Waals surface area contributed by atoms with E-state index in [1.807, 2.05) is 24.3 Å². The number of carbonyl (C=O) groups is 1. The van der Waals surface area contributed by atoms with Crippen LogP contribution < -0.4 is 16.0 Å². The molecule has 0 aliphatic rings. The van der Waals surface area contributed by atoms with E-state index in [0.29, 0.717) is 48.9 Å². The molecule has 1 aromatic heterocycles. The van der Waals surface area contributed by atoms with Crippen molar-refractivity contribution in [3.63, 3.8) is 0 Å². The lowest BCUT2D eigenvalue weighted by Crippen LogP contribution is -2.35. The number of nitrogens with one attached hydrogen (secondary N) is 3. The fourth-order valence-corrected chi connectivity index (χ4v) is 3.17. The van der Waals surface area contributed by atoms with Crippen LogP contribution in [0.4, 0.5) is 29.7 Å². The Morgan fingerprint density at radius 2 is 1.71 bits per heavy atom. The quantitative estimate of drug-likeness (QED) is 0.386. The van der Waals surface area contributed by atoms with Crippen molar-refractivity contribution < 1.29 is 22.7 Å². The molecular formula is C24H28F3N5O2. The van der Waals surface area contributed by atoms with E-state index >= 15 is 0 Å². The van der Waals surface area contributed by atoms with Gasteiger partial charge >= 0.3 is 12.3 Å². The summed E-state index contributed by atoms with van der Waals surface area (Å²) in [4.78, 5) is 20.8. The molecule has 0 aliphatic heterocycles. The molecule has 0 radical (unpaired) electrons. The van der Waals surface area contributed by atoms with Crippen molar-refractivity contribution >= 4 is 28.8 Å². The van der Waals surface area contributed by atoms with Gasteiger partial charge in [-0.2, -0.15) is 18.2 Å². The Morgan fingerprint density at radius 3 is 2.44 bits per heavy atom. The summed E-state index contributed by atoms with van der Waals surface area (Å²) >= 11 is 0. The third-order valence-electron chi connectivity index (χ3n) is 4.64. The van der Waals surface area contributed by atoms with E-state index < -0.39 is 23.4 Å². The standard InChI is InChI=1S/C24H28F3N5O2/c1-23(2,3)34-22(33)30-14-13-28-20-18-9-4-5-10-19(18)31-21(32-20)29-12-11-16-7-6-8-17(15-16)24(25,26)27/h4-10,15H,11-14H2,1-3H3,(H,30,33)(H2,28,29,31,32). The van der Waals surface area contributed by atoms with Crippen LogP contribution in [0.1, 0.15) is 31.9 Å². The third-order valence-corrected chi connectivity index (χ3v) is 4.64. The number of carbonyl (C=O) groups excluding carboxylic acids is 1. The molecule has 0 aliphatic carbocycles. The highest BCUT2D eigenvalue weighted by Crippen LogP contribution is 2.29. The SMILES string of the molecule is CC(C)(C)OC(=O)NCCNc1nc(NCCc2cccc(C(F)(F)F)c2)nc2ccccc12. The predicted molar refractivity (Wildman–Crippen MR) is 126 cm³/mol. The van der Waals surface area contributed by atoms with Crippen molar-refractivity contribution in [1.82, 2.24) is 15.3 Å². The molecule has 0 bridgehead atoms. The lowest BCUT2D eigenvalue weighted by atomic mass is 10.1. The average molecular weight is 476 g/mol. The molecule has 0 saturated heterocycles. The fourth-order valence-electron chi connectivity index (χ4n) is 3.17. The number of para-hydroxylation sites is 1. The molecule has 0 atom stereocenters. The number of halogens is 3. The Labute approximate surface area is 196 Å². The molecule has 0 unspecified atom stereocenters. The number of hydrogen-bond acceptors (Lipinski definition) is 6. The largest absolute Gasteiger partial charge is 0.444 e. The highest BCUT2D eigenvalue weighted by atomic mass is 19.4. The van der Waals surface area contributed by atoms with Crippen LogP contribution in [-0.2, 0) is 17.3 Å². The van der Waals surface area contributed by atoms with Gasteiger partial charge in [-0.15, -0.1) is 0 Å². The number of aromatic nitrogens is 2. The number of fused-ring (bicyclic) bond motifs is 1. The van der Waals surface area contributed by atoms with Gasteiger partial charge in [0.1, 0.15) is 11.4 Å². The van der Waals surface area contributed by atoms with E-state index in [1.165, 1.54) is 6.07 Å². The summed E-state index contributed by atoms with van der Waals surface area (Å²) in [5.74, 6) is 0.937. The Hall–Kier alpha value is -3.56. The average Bonchev–Trinajstić information content (AvgIpc) is 2.75. The molecule has 34 heavy (non-hydrogen) atoms. The van der Waals surface area contributed by atoms with Crippen molar-refractivity contribution in [3.8, 4) is 0 Å². The molecule has 0 fully saturated rings.